The molecule has 3 rings (SSSR count). The Morgan fingerprint density at radius 3 is 2.46 bits per heavy atom. The van der Waals surface area contributed by atoms with Crippen molar-refractivity contribution in [3.63, 3.8) is 0 Å². The van der Waals surface area contributed by atoms with Crippen LogP contribution in [0.4, 0.5) is 4.39 Å². The molecule has 0 bridgehead atoms. The highest BCUT2D eigenvalue weighted by atomic mass is 19.1. The van der Waals surface area contributed by atoms with E-state index >= 15 is 0 Å². The van der Waals surface area contributed by atoms with Crippen molar-refractivity contribution in [2.45, 2.75) is 19.5 Å². The first kappa shape index (κ1) is 17.5. The van der Waals surface area contributed by atoms with Crippen molar-refractivity contribution >= 4 is 5.91 Å². The van der Waals surface area contributed by atoms with Crippen LogP contribution in [0.15, 0.2) is 71.5 Å². The van der Waals surface area contributed by atoms with Gasteiger partial charge in [0.25, 0.3) is 5.56 Å². The van der Waals surface area contributed by atoms with Crippen molar-refractivity contribution < 1.29 is 9.18 Å². The van der Waals surface area contributed by atoms with E-state index in [1.54, 1.807) is 25.1 Å². The number of aromatic nitrogens is 2. The molecule has 3 aromatic rings. The van der Waals surface area contributed by atoms with Crippen LogP contribution in [0.25, 0.3) is 11.3 Å². The molecule has 0 saturated heterocycles. The lowest BCUT2D eigenvalue weighted by Crippen LogP contribution is -2.36. The summed E-state index contributed by atoms with van der Waals surface area (Å²) in [5.41, 5.74) is 1.75. The minimum atomic E-state index is -0.772. The standard InChI is InChI=1S/C20H18FN3O2/c1-14(20(26)22-13-15-5-3-2-4-6-15)24-19(25)12-11-18(23-24)16-7-9-17(21)10-8-16/h2-12,14H,13H2,1H3,(H,22,26). The molecular weight excluding hydrogens is 333 g/mol. The van der Waals surface area contributed by atoms with Crippen molar-refractivity contribution in [2.75, 3.05) is 0 Å². The molecule has 1 aromatic heterocycles. The van der Waals surface area contributed by atoms with Gasteiger partial charge in [0, 0.05) is 18.2 Å². The Balaban J connectivity index is 1.78. The molecule has 0 aliphatic carbocycles. The SMILES string of the molecule is CC(C(=O)NCc1ccccc1)n1nc(-c2ccc(F)cc2)ccc1=O. The number of nitrogens with zero attached hydrogens (tertiary/aromatic N) is 2. The van der Waals surface area contributed by atoms with Gasteiger partial charge in [-0.15, -0.1) is 0 Å². The predicted molar refractivity (Wildman–Crippen MR) is 96.9 cm³/mol. The molecule has 0 saturated carbocycles. The molecule has 0 spiro atoms. The second kappa shape index (κ2) is 7.74. The lowest BCUT2D eigenvalue weighted by molar-refractivity contribution is -0.124. The van der Waals surface area contributed by atoms with Crippen LogP contribution in [-0.4, -0.2) is 15.7 Å². The molecule has 1 atom stereocenters. The summed E-state index contributed by atoms with van der Waals surface area (Å²) in [5, 5.41) is 7.07. The molecule has 0 radical (unpaired) electrons. The second-order valence-corrected chi connectivity index (χ2v) is 5.89. The number of rotatable bonds is 5. The summed E-state index contributed by atoms with van der Waals surface area (Å²) < 4.78 is 14.2. The minimum absolute atomic E-state index is 0.306. The van der Waals surface area contributed by atoms with Gasteiger partial charge in [0.05, 0.1) is 5.69 Å². The summed E-state index contributed by atoms with van der Waals surface area (Å²) in [7, 11) is 0. The molecule has 1 heterocycles. The summed E-state index contributed by atoms with van der Waals surface area (Å²) in [6.07, 6.45) is 0. The molecular formula is C20H18FN3O2. The average molecular weight is 351 g/mol. The highest BCUT2D eigenvalue weighted by Gasteiger charge is 2.17. The van der Waals surface area contributed by atoms with Gasteiger partial charge >= 0.3 is 0 Å². The first-order valence-electron chi connectivity index (χ1n) is 8.22. The highest BCUT2D eigenvalue weighted by molar-refractivity contribution is 5.79. The number of carbonyl (C=O) groups is 1. The molecule has 1 unspecified atom stereocenters. The number of nitrogens with one attached hydrogen (secondary N) is 1. The fraction of sp³-hybridized carbons (Fsp3) is 0.150. The third-order valence-corrected chi connectivity index (χ3v) is 4.02. The summed E-state index contributed by atoms with van der Waals surface area (Å²) in [5.74, 6) is -0.657. The van der Waals surface area contributed by atoms with Gasteiger partial charge in [-0.2, -0.15) is 5.10 Å². The van der Waals surface area contributed by atoms with Gasteiger partial charge < -0.3 is 5.32 Å². The molecule has 0 aliphatic rings. The summed E-state index contributed by atoms with van der Waals surface area (Å²) >= 11 is 0. The number of halogens is 1. The van der Waals surface area contributed by atoms with Crippen LogP contribution in [0.5, 0.6) is 0 Å². The van der Waals surface area contributed by atoms with E-state index in [1.807, 2.05) is 30.3 Å². The van der Waals surface area contributed by atoms with E-state index in [1.165, 1.54) is 18.2 Å². The monoisotopic (exact) mass is 351 g/mol. The fourth-order valence-electron chi connectivity index (χ4n) is 2.52. The first-order chi connectivity index (χ1) is 12.5. The van der Waals surface area contributed by atoms with E-state index in [0.717, 1.165) is 10.2 Å². The van der Waals surface area contributed by atoms with Crippen molar-refractivity contribution in [3.8, 4) is 11.3 Å². The number of hydrogen-bond acceptors (Lipinski definition) is 3. The lowest BCUT2D eigenvalue weighted by atomic mass is 10.1. The number of benzene rings is 2. The number of hydrogen-bond donors (Lipinski definition) is 1. The first-order valence-corrected chi connectivity index (χ1v) is 8.22. The van der Waals surface area contributed by atoms with E-state index < -0.39 is 6.04 Å². The maximum atomic E-state index is 13.1. The molecule has 26 heavy (non-hydrogen) atoms. The largest absolute Gasteiger partial charge is 0.350 e. The van der Waals surface area contributed by atoms with Crippen LogP contribution in [-0.2, 0) is 11.3 Å². The number of carbonyl (C=O) groups excluding carboxylic acids is 1. The predicted octanol–water partition coefficient (Wildman–Crippen LogP) is 2.93. The van der Waals surface area contributed by atoms with Crippen molar-refractivity contribution in [3.05, 3.63) is 88.5 Å². The van der Waals surface area contributed by atoms with Crippen molar-refractivity contribution in [2.24, 2.45) is 0 Å². The van der Waals surface area contributed by atoms with E-state index in [-0.39, 0.29) is 17.3 Å². The quantitative estimate of drug-likeness (QED) is 0.769. The number of amides is 1. The summed E-state index contributed by atoms with van der Waals surface area (Å²) in [4.78, 5) is 24.5. The van der Waals surface area contributed by atoms with E-state index in [9.17, 15) is 14.0 Å². The van der Waals surface area contributed by atoms with Gasteiger partial charge in [-0.05, 0) is 42.8 Å². The summed E-state index contributed by atoms with van der Waals surface area (Å²) in [6, 6.07) is 17.4. The molecule has 1 N–H and O–H groups in total. The third-order valence-electron chi connectivity index (χ3n) is 4.02. The van der Waals surface area contributed by atoms with Gasteiger partial charge in [0.2, 0.25) is 5.91 Å². The van der Waals surface area contributed by atoms with Crippen molar-refractivity contribution in [1.29, 1.82) is 0 Å². The van der Waals surface area contributed by atoms with Crippen molar-refractivity contribution in [1.82, 2.24) is 15.1 Å². The zero-order valence-corrected chi connectivity index (χ0v) is 14.2. The average Bonchev–Trinajstić information content (AvgIpc) is 2.67. The Bertz CT molecular complexity index is 953. The smallest absolute Gasteiger partial charge is 0.267 e. The zero-order valence-electron chi connectivity index (χ0n) is 14.2. The Labute approximate surface area is 150 Å². The highest BCUT2D eigenvalue weighted by Crippen LogP contribution is 2.16. The molecule has 2 aromatic carbocycles. The second-order valence-electron chi connectivity index (χ2n) is 5.89. The molecule has 0 fully saturated rings. The van der Waals surface area contributed by atoms with Crippen LogP contribution in [0.1, 0.15) is 18.5 Å². The Kier molecular flexibility index (Phi) is 5.22. The lowest BCUT2D eigenvalue weighted by Gasteiger charge is -2.15. The van der Waals surface area contributed by atoms with Gasteiger partial charge in [0.15, 0.2) is 0 Å². The van der Waals surface area contributed by atoms with E-state index in [4.69, 9.17) is 0 Å². The van der Waals surface area contributed by atoms with Gasteiger partial charge in [-0.3, -0.25) is 9.59 Å². The summed E-state index contributed by atoms with van der Waals surface area (Å²) in [6.45, 7) is 1.99. The zero-order chi connectivity index (χ0) is 18.5. The normalized spacial score (nSPS) is 11.8. The van der Waals surface area contributed by atoms with E-state index in [0.29, 0.717) is 17.8 Å². The Morgan fingerprint density at radius 1 is 1.08 bits per heavy atom. The molecule has 1 amide bonds. The van der Waals surface area contributed by atoms with E-state index in [2.05, 4.69) is 10.4 Å². The molecule has 6 heteroatoms. The van der Waals surface area contributed by atoms with Gasteiger partial charge in [-0.25, -0.2) is 9.07 Å². The maximum Gasteiger partial charge on any atom is 0.267 e. The van der Waals surface area contributed by atoms with Crippen LogP contribution >= 0.6 is 0 Å². The maximum absolute atomic E-state index is 13.1. The third kappa shape index (κ3) is 4.03. The van der Waals surface area contributed by atoms with Crippen LogP contribution in [0.3, 0.4) is 0 Å². The van der Waals surface area contributed by atoms with Gasteiger partial charge in [0.1, 0.15) is 11.9 Å². The van der Waals surface area contributed by atoms with Crippen LogP contribution in [0, 0.1) is 5.82 Å². The minimum Gasteiger partial charge on any atom is -0.350 e. The Hall–Kier alpha value is -3.28. The Morgan fingerprint density at radius 2 is 1.77 bits per heavy atom. The topological polar surface area (TPSA) is 64.0 Å². The van der Waals surface area contributed by atoms with Crippen LogP contribution < -0.4 is 10.9 Å². The molecule has 132 valence electrons. The fourth-order valence-corrected chi connectivity index (χ4v) is 2.52. The molecule has 0 aliphatic heterocycles. The van der Waals surface area contributed by atoms with Crippen LogP contribution in [0.2, 0.25) is 0 Å². The molecule has 5 nitrogen and oxygen atoms in total. The van der Waals surface area contributed by atoms with Gasteiger partial charge in [-0.1, -0.05) is 30.3 Å².